The van der Waals surface area contributed by atoms with Gasteiger partial charge in [-0.1, -0.05) is 77.9 Å². The Morgan fingerprint density at radius 3 is 1.22 bits per heavy atom. The van der Waals surface area contributed by atoms with Crippen LogP contribution in [0, 0.1) is 10.8 Å². The summed E-state index contributed by atoms with van der Waals surface area (Å²) in [5.41, 5.74) is 21.2. The minimum absolute atomic E-state index is 0.0636. The summed E-state index contributed by atoms with van der Waals surface area (Å²) in [7, 11) is 0. The highest BCUT2D eigenvalue weighted by Crippen LogP contribution is 2.33. The Hall–Kier alpha value is -3.48. The molecule has 0 saturated carbocycles. The monoisotopic (exact) mass is 480 g/mol. The molecule has 0 aliphatic heterocycles. The number of fused-ring (bicyclic) bond motifs is 2. The molecule has 0 spiro atoms. The minimum atomic E-state index is -0.153. The largest absolute Gasteiger partial charge is 0.341 e. The molecule has 0 aliphatic rings. The van der Waals surface area contributed by atoms with Gasteiger partial charge >= 0.3 is 0 Å². The van der Waals surface area contributed by atoms with E-state index in [1.807, 2.05) is 0 Å². The van der Waals surface area contributed by atoms with E-state index in [9.17, 15) is 0 Å². The van der Waals surface area contributed by atoms with Gasteiger partial charge in [0.25, 0.3) is 0 Å². The highest BCUT2D eigenvalue weighted by atomic mass is 15.0. The molecule has 0 amide bonds. The van der Waals surface area contributed by atoms with Gasteiger partial charge in [0.05, 0.1) is 34.2 Å². The molecule has 36 heavy (non-hydrogen) atoms. The van der Waals surface area contributed by atoms with Crippen molar-refractivity contribution in [2.75, 3.05) is 0 Å². The average molecular weight is 481 g/mol. The fourth-order valence-electron chi connectivity index (χ4n) is 4.39. The van der Waals surface area contributed by atoms with Crippen molar-refractivity contribution in [2.24, 2.45) is 22.3 Å². The smallest absolute Gasteiger partial charge is 0.124 e. The summed E-state index contributed by atoms with van der Waals surface area (Å²) in [6.07, 6.45) is 0. The summed E-state index contributed by atoms with van der Waals surface area (Å²) in [4.78, 5) is 16.3. The third-order valence-electron chi connectivity index (χ3n) is 7.01. The summed E-state index contributed by atoms with van der Waals surface area (Å²) in [5, 5.41) is 0. The standard InChI is InChI=1S/C30H36N6/c1-29(2,3)25(31)27-33-21-13-11-19(15-23(21)35-27)17-7-9-18(10-8-17)20-12-14-22-24(16-20)36-28(34-22)26(32)30(4,5)6/h7-16,25-26H,31-32H2,1-6H3,(H,33,35)(H,34,36)/t25-,26?/m1/s1. The lowest BCUT2D eigenvalue weighted by atomic mass is 9.87. The predicted molar refractivity (Wildman–Crippen MR) is 149 cm³/mol. The van der Waals surface area contributed by atoms with E-state index in [4.69, 9.17) is 21.4 Å². The Bertz CT molecular complexity index is 1410. The third kappa shape index (κ3) is 4.54. The van der Waals surface area contributed by atoms with Crippen LogP contribution in [0.4, 0.5) is 0 Å². The second-order valence-electron chi connectivity index (χ2n) is 12.0. The first-order chi connectivity index (χ1) is 16.9. The highest BCUT2D eigenvalue weighted by molar-refractivity contribution is 5.84. The SMILES string of the molecule is CC(C)(C)C(N)c1nc2ccc(-c3ccc(-c4ccc5nc([C@@H](N)C(C)(C)C)[nH]c5c4)cc3)cc2[nH]1. The van der Waals surface area contributed by atoms with Crippen molar-refractivity contribution in [3.05, 3.63) is 72.3 Å². The maximum Gasteiger partial charge on any atom is 0.124 e. The molecule has 2 aromatic heterocycles. The molecule has 186 valence electrons. The van der Waals surface area contributed by atoms with Crippen molar-refractivity contribution >= 4 is 22.1 Å². The van der Waals surface area contributed by atoms with Crippen molar-refractivity contribution in [1.29, 1.82) is 0 Å². The zero-order valence-electron chi connectivity index (χ0n) is 22.0. The number of nitrogens with one attached hydrogen (secondary N) is 2. The lowest BCUT2D eigenvalue weighted by molar-refractivity contribution is 0.317. The van der Waals surface area contributed by atoms with Crippen LogP contribution < -0.4 is 11.5 Å². The van der Waals surface area contributed by atoms with Crippen molar-refractivity contribution < 1.29 is 0 Å². The van der Waals surface area contributed by atoms with Crippen LogP contribution in [0.1, 0.15) is 65.3 Å². The molecule has 0 saturated heterocycles. The van der Waals surface area contributed by atoms with E-state index in [2.05, 4.69) is 112 Å². The molecule has 0 fully saturated rings. The maximum absolute atomic E-state index is 6.42. The molecule has 0 radical (unpaired) electrons. The third-order valence-corrected chi connectivity index (χ3v) is 7.01. The van der Waals surface area contributed by atoms with Crippen LogP contribution in [-0.2, 0) is 0 Å². The molecule has 0 bridgehead atoms. The second kappa shape index (κ2) is 8.57. The van der Waals surface area contributed by atoms with Gasteiger partial charge in [-0.25, -0.2) is 9.97 Å². The highest BCUT2D eigenvalue weighted by Gasteiger charge is 2.26. The maximum atomic E-state index is 6.42. The van der Waals surface area contributed by atoms with E-state index in [0.717, 1.165) is 56.0 Å². The number of nitrogens with two attached hydrogens (primary N) is 2. The van der Waals surface area contributed by atoms with Gasteiger partial charge in [0.15, 0.2) is 0 Å². The quantitative estimate of drug-likeness (QED) is 0.225. The van der Waals surface area contributed by atoms with Crippen LogP contribution in [-0.4, -0.2) is 19.9 Å². The van der Waals surface area contributed by atoms with E-state index in [-0.39, 0.29) is 22.9 Å². The van der Waals surface area contributed by atoms with Gasteiger partial charge in [0.1, 0.15) is 11.6 Å². The molecule has 2 heterocycles. The van der Waals surface area contributed by atoms with Gasteiger partial charge in [-0.05, 0) is 57.3 Å². The summed E-state index contributed by atoms with van der Waals surface area (Å²) >= 11 is 0. The second-order valence-corrected chi connectivity index (χ2v) is 12.0. The first-order valence-electron chi connectivity index (χ1n) is 12.5. The topological polar surface area (TPSA) is 109 Å². The molecule has 6 nitrogen and oxygen atoms in total. The Balaban J connectivity index is 1.41. The predicted octanol–water partition coefficient (Wildman–Crippen LogP) is 6.87. The summed E-state index contributed by atoms with van der Waals surface area (Å²) in [6, 6.07) is 21.0. The van der Waals surface area contributed by atoms with E-state index in [0.29, 0.717) is 0 Å². The molecule has 6 heteroatoms. The molecular weight excluding hydrogens is 444 g/mol. The lowest BCUT2D eigenvalue weighted by Crippen LogP contribution is -2.27. The molecular formula is C30H36N6. The number of hydrogen-bond acceptors (Lipinski definition) is 4. The van der Waals surface area contributed by atoms with Crippen molar-refractivity contribution in [3.8, 4) is 22.3 Å². The first kappa shape index (κ1) is 24.2. The Morgan fingerprint density at radius 1 is 0.556 bits per heavy atom. The Morgan fingerprint density at radius 2 is 0.889 bits per heavy atom. The number of aromatic nitrogens is 4. The van der Waals surface area contributed by atoms with Gasteiger partial charge in [0, 0.05) is 0 Å². The summed E-state index contributed by atoms with van der Waals surface area (Å²) in [5.74, 6) is 1.65. The van der Waals surface area contributed by atoms with Crippen LogP contribution >= 0.6 is 0 Å². The number of nitrogens with zero attached hydrogens (tertiary/aromatic N) is 2. The van der Waals surface area contributed by atoms with E-state index >= 15 is 0 Å². The number of hydrogen-bond donors (Lipinski definition) is 4. The normalized spacial score (nSPS) is 14.4. The van der Waals surface area contributed by atoms with E-state index in [1.54, 1.807) is 0 Å². The molecule has 0 aliphatic carbocycles. The Labute approximate surface area is 212 Å². The number of imidazole rings is 2. The molecule has 3 aromatic carbocycles. The number of aromatic amines is 2. The fourth-order valence-corrected chi connectivity index (χ4v) is 4.39. The first-order valence-corrected chi connectivity index (χ1v) is 12.5. The van der Waals surface area contributed by atoms with Crippen molar-refractivity contribution in [1.82, 2.24) is 19.9 Å². The van der Waals surface area contributed by atoms with Crippen molar-refractivity contribution in [3.63, 3.8) is 0 Å². The average Bonchev–Trinajstić information content (AvgIpc) is 3.45. The van der Waals surface area contributed by atoms with Gasteiger partial charge in [-0.15, -0.1) is 0 Å². The molecule has 1 unspecified atom stereocenters. The number of H-pyrrole nitrogens is 2. The van der Waals surface area contributed by atoms with Crippen LogP contribution in [0.2, 0.25) is 0 Å². The van der Waals surface area contributed by atoms with E-state index < -0.39 is 0 Å². The van der Waals surface area contributed by atoms with E-state index in [1.165, 1.54) is 0 Å². The Kier molecular flexibility index (Phi) is 5.77. The molecule has 6 N–H and O–H groups in total. The van der Waals surface area contributed by atoms with Gasteiger partial charge in [-0.3, -0.25) is 0 Å². The fraction of sp³-hybridized carbons (Fsp3) is 0.333. The van der Waals surface area contributed by atoms with Gasteiger partial charge in [-0.2, -0.15) is 0 Å². The van der Waals surface area contributed by atoms with Crippen LogP contribution in [0.5, 0.6) is 0 Å². The lowest BCUT2D eigenvalue weighted by Gasteiger charge is -2.24. The van der Waals surface area contributed by atoms with Crippen molar-refractivity contribution in [2.45, 2.75) is 53.6 Å². The summed E-state index contributed by atoms with van der Waals surface area (Å²) < 4.78 is 0. The van der Waals surface area contributed by atoms with Crippen LogP contribution in [0.3, 0.4) is 0 Å². The number of benzene rings is 3. The minimum Gasteiger partial charge on any atom is -0.341 e. The summed E-state index contributed by atoms with van der Waals surface area (Å²) in [6.45, 7) is 12.8. The zero-order valence-corrected chi connectivity index (χ0v) is 22.0. The zero-order chi connectivity index (χ0) is 25.8. The van der Waals surface area contributed by atoms with Crippen LogP contribution in [0.15, 0.2) is 60.7 Å². The molecule has 2 atom stereocenters. The van der Waals surface area contributed by atoms with Crippen LogP contribution in [0.25, 0.3) is 44.3 Å². The number of rotatable bonds is 4. The van der Waals surface area contributed by atoms with Gasteiger partial charge in [0.2, 0.25) is 0 Å². The molecule has 5 rings (SSSR count). The molecule has 5 aromatic rings. The van der Waals surface area contributed by atoms with Gasteiger partial charge < -0.3 is 21.4 Å².